The van der Waals surface area contributed by atoms with Crippen LogP contribution >= 0.6 is 34.0 Å². The van der Waals surface area contributed by atoms with Gasteiger partial charge < -0.3 is 4.74 Å². The average Bonchev–Trinajstić information content (AvgIpc) is 3.34. The summed E-state index contributed by atoms with van der Waals surface area (Å²) in [5.74, 6) is -1.90. The Morgan fingerprint density at radius 3 is 2.58 bits per heavy atom. The Labute approximate surface area is 148 Å². The molecule has 0 fully saturated rings. The first kappa shape index (κ1) is 16.5. The molecule has 0 bridgehead atoms. The Balaban J connectivity index is 1.52. The second kappa shape index (κ2) is 7.47. The number of nitrogens with zero attached hydrogens (tertiary/aromatic N) is 1. The molecule has 0 aliphatic heterocycles. The number of carbonyl (C=O) groups excluding carboxylic acids is 3. The van der Waals surface area contributed by atoms with E-state index in [0.717, 1.165) is 4.88 Å². The molecular weight excluding hydrogens is 368 g/mol. The van der Waals surface area contributed by atoms with Crippen molar-refractivity contribution in [3.63, 3.8) is 0 Å². The molecular formula is C15H10N2O4S3. The third kappa shape index (κ3) is 3.94. The van der Waals surface area contributed by atoms with Gasteiger partial charge in [-0.2, -0.15) is 0 Å². The van der Waals surface area contributed by atoms with Crippen molar-refractivity contribution in [3.05, 3.63) is 51.0 Å². The van der Waals surface area contributed by atoms with Crippen LogP contribution in [0.4, 0.5) is 0 Å². The summed E-state index contributed by atoms with van der Waals surface area (Å²) in [4.78, 5) is 40.8. The maximum absolute atomic E-state index is 11.9. The lowest BCUT2D eigenvalue weighted by molar-refractivity contribution is -0.123. The van der Waals surface area contributed by atoms with E-state index in [0.29, 0.717) is 9.88 Å². The first-order valence-electron chi connectivity index (χ1n) is 6.67. The van der Waals surface area contributed by atoms with E-state index in [1.807, 2.05) is 17.5 Å². The molecule has 6 nitrogen and oxygen atoms in total. The van der Waals surface area contributed by atoms with Gasteiger partial charge in [-0.25, -0.2) is 9.78 Å². The average molecular weight is 378 g/mol. The van der Waals surface area contributed by atoms with Crippen LogP contribution in [0, 0.1) is 0 Å². The van der Waals surface area contributed by atoms with E-state index in [-0.39, 0.29) is 5.69 Å². The number of imide groups is 1. The minimum atomic E-state index is -0.701. The molecule has 0 aromatic carbocycles. The van der Waals surface area contributed by atoms with Gasteiger partial charge >= 0.3 is 5.97 Å². The number of hydrogen-bond acceptors (Lipinski definition) is 8. The topological polar surface area (TPSA) is 85.4 Å². The van der Waals surface area contributed by atoms with Gasteiger partial charge in [0.15, 0.2) is 12.3 Å². The van der Waals surface area contributed by atoms with Crippen molar-refractivity contribution in [2.75, 3.05) is 6.61 Å². The lowest BCUT2D eigenvalue weighted by atomic mass is 10.4. The fraction of sp³-hybridized carbons (Fsp3) is 0.0667. The van der Waals surface area contributed by atoms with Crippen LogP contribution in [0.15, 0.2) is 40.4 Å². The summed E-state index contributed by atoms with van der Waals surface area (Å²) in [5, 5.41) is 8.10. The molecule has 0 unspecified atom stereocenters. The smallest absolute Gasteiger partial charge is 0.358 e. The largest absolute Gasteiger partial charge is 0.451 e. The number of hydrogen-bond donors (Lipinski definition) is 1. The van der Waals surface area contributed by atoms with E-state index in [1.54, 1.807) is 22.9 Å². The van der Waals surface area contributed by atoms with E-state index in [1.165, 1.54) is 34.0 Å². The maximum Gasteiger partial charge on any atom is 0.358 e. The van der Waals surface area contributed by atoms with Crippen molar-refractivity contribution in [2.24, 2.45) is 0 Å². The molecule has 3 aromatic rings. The molecule has 0 atom stereocenters. The van der Waals surface area contributed by atoms with Crippen LogP contribution in [-0.4, -0.2) is 29.4 Å². The van der Waals surface area contributed by atoms with Gasteiger partial charge in [-0.15, -0.1) is 34.0 Å². The monoisotopic (exact) mass is 378 g/mol. The van der Waals surface area contributed by atoms with E-state index in [9.17, 15) is 14.4 Å². The molecule has 0 aliphatic rings. The van der Waals surface area contributed by atoms with Crippen LogP contribution < -0.4 is 5.32 Å². The molecule has 3 aromatic heterocycles. The normalized spacial score (nSPS) is 10.3. The number of thiazole rings is 1. The van der Waals surface area contributed by atoms with Crippen molar-refractivity contribution in [3.8, 4) is 9.88 Å². The second-order valence-corrected chi connectivity index (χ2v) is 7.20. The van der Waals surface area contributed by atoms with Gasteiger partial charge in [-0.3, -0.25) is 14.9 Å². The highest BCUT2D eigenvalue weighted by molar-refractivity contribution is 7.20. The first-order valence-corrected chi connectivity index (χ1v) is 9.31. The van der Waals surface area contributed by atoms with E-state index in [4.69, 9.17) is 4.74 Å². The number of ether oxygens (including phenoxy) is 1. The minimum absolute atomic E-state index is 0.140. The highest BCUT2D eigenvalue weighted by Gasteiger charge is 2.17. The quantitative estimate of drug-likeness (QED) is 0.690. The molecule has 0 spiro atoms. The minimum Gasteiger partial charge on any atom is -0.451 e. The predicted molar refractivity (Wildman–Crippen MR) is 92.5 cm³/mol. The summed E-state index contributed by atoms with van der Waals surface area (Å²) >= 11 is 4.06. The number of thiophene rings is 2. The first-order chi connectivity index (χ1) is 11.6. The van der Waals surface area contributed by atoms with Gasteiger partial charge in [0.05, 0.1) is 9.75 Å². The van der Waals surface area contributed by atoms with Crippen molar-refractivity contribution >= 4 is 51.8 Å². The van der Waals surface area contributed by atoms with Gasteiger partial charge in [0.25, 0.3) is 11.8 Å². The number of nitrogens with one attached hydrogen (secondary N) is 1. The highest BCUT2D eigenvalue weighted by atomic mass is 32.1. The second-order valence-electron chi connectivity index (χ2n) is 4.45. The molecule has 0 saturated heterocycles. The molecule has 1 N–H and O–H groups in total. The molecule has 0 saturated carbocycles. The van der Waals surface area contributed by atoms with Crippen LogP contribution in [0.2, 0.25) is 0 Å². The Kier molecular flexibility index (Phi) is 5.14. The zero-order chi connectivity index (χ0) is 16.9. The van der Waals surface area contributed by atoms with Gasteiger partial charge in [0.1, 0.15) is 5.01 Å². The highest BCUT2D eigenvalue weighted by Crippen LogP contribution is 2.27. The van der Waals surface area contributed by atoms with Crippen molar-refractivity contribution in [1.82, 2.24) is 10.3 Å². The molecule has 9 heteroatoms. The van der Waals surface area contributed by atoms with E-state index < -0.39 is 24.4 Å². The Morgan fingerprint density at radius 2 is 1.88 bits per heavy atom. The SMILES string of the molecule is O=C(COC(=O)c1csc(-c2cccs2)n1)NC(=O)c1cccs1. The maximum atomic E-state index is 11.9. The van der Waals surface area contributed by atoms with Gasteiger partial charge in [0.2, 0.25) is 0 Å². The van der Waals surface area contributed by atoms with Crippen molar-refractivity contribution in [1.29, 1.82) is 0 Å². The number of amides is 2. The van der Waals surface area contributed by atoms with Crippen LogP contribution in [0.1, 0.15) is 20.2 Å². The summed E-state index contributed by atoms with van der Waals surface area (Å²) in [7, 11) is 0. The summed E-state index contributed by atoms with van der Waals surface area (Å²) in [6.45, 7) is -0.540. The Morgan fingerprint density at radius 1 is 1.08 bits per heavy atom. The van der Waals surface area contributed by atoms with Crippen LogP contribution in [-0.2, 0) is 9.53 Å². The van der Waals surface area contributed by atoms with Crippen LogP contribution in [0.25, 0.3) is 9.88 Å². The number of rotatable bonds is 5. The molecule has 2 amide bonds. The van der Waals surface area contributed by atoms with E-state index in [2.05, 4.69) is 10.3 Å². The van der Waals surface area contributed by atoms with Gasteiger partial charge in [-0.1, -0.05) is 12.1 Å². The number of esters is 1. The molecule has 0 radical (unpaired) electrons. The Bertz CT molecular complexity index is 853. The fourth-order valence-electron chi connectivity index (χ4n) is 1.72. The lowest BCUT2D eigenvalue weighted by Gasteiger charge is -2.03. The van der Waals surface area contributed by atoms with Crippen molar-refractivity contribution in [2.45, 2.75) is 0 Å². The fourth-order valence-corrected chi connectivity index (χ4v) is 3.94. The number of carbonyl (C=O) groups is 3. The summed E-state index contributed by atoms with van der Waals surface area (Å²) in [5.41, 5.74) is 0.140. The lowest BCUT2D eigenvalue weighted by Crippen LogP contribution is -2.33. The third-order valence-corrected chi connectivity index (χ3v) is 5.53. The molecule has 122 valence electrons. The molecule has 3 rings (SSSR count). The number of aromatic nitrogens is 1. The molecule has 3 heterocycles. The Hall–Kier alpha value is -2.36. The summed E-state index contributed by atoms with van der Waals surface area (Å²) in [6.07, 6.45) is 0. The predicted octanol–water partition coefficient (Wildman–Crippen LogP) is 3.05. The molecule has 0 aliphatic carbocycles. The van der Waals surface area contributed by atoms with Crippen molar-refractivity contribution < 1.29 is 19.1 Å². The third-order valence-electron chi connectivity index (χ3n) is 2.78. The van der Waals surface area contributed by atoms with Crippen LogP contribution in [0.5, 0.6) is 0 Å². The van der Waals surface area contributed by atoms with Gasteiger partial charge in [-0.05, 0) is 22.9 Å². The zero-order valence-electron chi connectivity index (χ0n) is 12.1. The molecule has 24 heavy (non-hydrogen) atoms. The van der Waals surface area contributed by atoms with E-state index >= 15 is 0 Å². The van der Waals surface area contributed by atoms with Crippen LogP contribution in [0.3, 0.4) is 0 Å². The zero-order valence-corrected chi connectivity index (χ0v) is 14.5. The van der Waals surface area contributed by atoms with Gasteiger partial charge in [0, 0.05) is 5.38 Å². The summed E-state index contributed by atoms with van der Waals surface area (Å²) < 4.78 is 4.89. The standard InChI is InChI=1S/C15H10N2O4S3/c18-12(17-13(19)10-3-1-5-22-10)7-21-15(20)9-8-24-14(16-9)11-4-2-6-23-11/h1-6,8H,7H2,(H,17,18,19). The summed E-state index contributed by atoms with van der Waals surface area (Å²) in [6, 6.07) is 7.11.